The molecule has 112 valence electrons. The fraction of sp³-hybridized carbons (Fsp3) is 0.250. The average molecular weight is 297 g/mol. The Bertz CT molecular complexity index is 775. The van der Waals surface area contributed by atoms with E-state index < -0.39 is 5.97 Å². The average Bonchev–Trinajstić information content (AvgIpc) is 2.55. The summed E-state index contributed by atoms with van der Waals surface area (Å²) in [5.74, 6) is -0.604. The normalized spacial score (nSPS) is 10.0. The standard InChI is InChI=1S/C16H15N3O3/c1-2-8-19-15(20)7-6-14(18-19)16(21)22-11-13-5-3-4-12(9-13)10-17/h3-7,9H,2,8,11H2,1H3. The van der Waals surface area contributed by atoms with Crippen LogP contribution in [0.1, 0.15) is 35.0 Å². The smallest absolute Gasteiger partial charge is 0.359 e. The molecule has 0 bridgehead atoms. The molecular weight excluding hydrogens is 282 g/mol. The monoisotopic (exact) mass is 297 g/mol. The number of rotatable bonds is 5. The highest BCUT2D eigenvalue weighted by molar-refractivity contribution is 5.86. The van der Waals surface area contributed by atoms with E-state index in [1.54, 1.807) is 24.3 Å². The van der Waals surface area contributed by atoms with Crippen LogP contribution in [0.25, 0.3) is 0 Å². The van der Waals surface area contributed by atoms with Gasteiger partial charge in [-0.25, -0.2) is 9.48 Å². The minimum absolute atomic E-state index is 0.0446. The van der Waals surface area contributed by atoms with Gasteiger partial charge in [0, 0.05) is 12.6 Å². The van der Waals surface area contributed by atoms with Crippen LogP contribution >= 0.6 is 0 Å². The van der Waals surface area contributed by atoms with Crippen LogP contribution in [0.3, 0.4) is 0 Å². The van der Waals surface area contributed by atoms with E-state index in [9.17, 15) is 9.59 Å². The third-order valence-corrected chi connectivity index (χ3v) is 2.94. The molecule has 1 heterocycles. The van der Waals surface area contributed by atoms with Gasteiger partial charge in [-0.05, 0) is 30.2 Å². The van der Waals surface area contributed by atoms with Gasteiger partial charge in [0.1, 0.15) is 6.61 Å². The lowest BCUT2D eigenvalue weighted by Crippen LogP contribution is -2.24. The van der Waals surface area contributed by atoms with Crippen molar-refractivity contribution < 1.29 is 9.53 Å². The molecule has 6 heteroatoms. The van der Waals surface area contributed by atoms with Gasteiger partial charge >= 0.3 is 5.97 Å². The molecule has 0 unspecified atom stereocenters. The van der Waals surface area contributed by atoms with Crippen molar-refractivity contribution in [1.82, 2.24) is 9.78 Å². The molecule has 0 fully saturated rings. The zero-order valence-electron chi connectivity index (χ0n) is 12.2. The van der Waals surface area contributed by atoms with Gasteiger partial charge in [0.25, 0.3) is 5.56 Å². The summed E-state index contributed by atoms with van der Waals surface area (Å²) in [4.78, 5) is 23.5. The molecular formula is C16H15N3O3. The molecule has 2 aromatic rings. The van der Waals surface area contributed by atoms with Crippen LogP contribution in [-0.2, 0) is 17.9 Å². The van der Waals surface area contributed by atoms with Gasteiger partial charge in [-0.15, -0.1) is 0 Å². The second kappa shape index (κ2) is 7.18. The number of hydrogen-bond donors (Lipinski definition) is 0. The van der Waals surface area contributed by atoms with Crippen molar-refractivity contribution >= 4 is 5.97 Å². The summed E-state index contributed by atoms with van der Waals surface area (Å²) >= 11 is 0. The van der Waals surface area contributed by atoms with Crippen molar-refractivity contribution in [3.63, 3.8) is 0 Å². The van der Waals surface area contributed by atoms with Crippen LogP contribution in [0.4, 0.5) is 0 Å². The minimum Gasteiger partial charge on any atom is -0.456 e. The Kier molecular flexibility index (Phi) is 5.04. The highest BCUT2D eigenvalue weighted by Crippen LogP contribution is 2.07. The topological polar surface area (TPSA) is 85.0 Å². The molecule has 0 aliphatic rings. The second-order valence-corrected chi connectivity index (χ2v) is 4.67. The summed E-state index contributed by atoms with van der Waals surface area (Å²) in [5.41, 5.74) is 1.06. The first-order valence-corrected chi connectivity index (χ1v) is 6.88. The molecule has 0 spiro atoms. The van der Waals surface area contributed by atoms with Crippen molar-refractivity contribution in [3.05, 3.63) is 63.6 Å². The van der Waals surface area contributed by atoms with Gasteiger partial charge < -0.3 is 4.74 Å². The highest BCUT2D eigenvalue weighted by Gasteiger charge is 2.11. The maximum absolute atomic E-state index is 12.0. The third kappa shape index (κ3) is 3.79. The van der Waals surface area contributed by atoms with Crippen molar-refractivity contribution in [1.29, 1.82) is 5.26 Å². The van der Waals surface area contributed by atoms with E-state index in [-0.39, 0.29) is 17.9 Å². The molecule has 0 radical (unpaired) electrons. The van der Waals surface area contributed by atoms with Gasteiger partial charge in [-0.3, -0.25) is 4.79 Å². The third-order valence-electron chi connectivity index (χ3n) is 2.94. The molecule has 22 heavy (non-hydrogen) atoms. The number of carbonyl (C=O) groups excluding carboxylic acids is 1. The van der Waals surface area contributed by atoms with Crippen LogP contribution in [-0.4, -0.2) is 15.7 Å². The Balaban J connectivity index is 2.07. The zero-order chi connectivity index (χ0) is 15.9. The first kappa shape index (κ1) is 15.4. The summed E-state index contributed by atoms with van der Waals surface area (Å²) in [7, 11) is 0. The molecule has 6 nitrogen and oxygen atoms in total. The molecule has 0 amide bonds. The Morgan fingerprint density at radius 1 is 1.36 bits per heavy atom. The zero-order valence-corrected chi connectivity index (χ0v) is 12.2. The highest BCUT2D eigenvalue weighted by atomic mass is 16.5. The predicted octanol–water partition coefficient (Wildman–Crippen LogP) is 1.88. The Labute approximate surface area is 127 Å². The summed E-state index contributed by atoms with van der Waals surface area (Å²) in [5, 5.41) is 12.8. The van der Waals surface area contributed by atoms with E-state index in [4.69, 9.17) is 10.00 Å². The summed E-state index contributed by atoms with van der Waals surface area (Å²) in [6.07, 6.45) is 0.742. The lowest BCUT2D eigenvalue weighted by Gasteiger charge is -2.07. The van der Waals surface area contributed by atoms with Crippen molar-refractivity contribution in [3.8, 4) is 6.07 Å². The van der Waals surface area contributed by atoms with Crippen LogP contribution in [0.2, 0.25) is 0 Å². The Hall–Kier alpha value is -2.94. The number of nitriles is 1. The summed E-state index contributed by atoms with van der Waals surface area (Å²) < 4.78 is 6.40. The molecule has 0 saturated heterocycles. The lowest BCUT2D eigenvalue weighted by molar-refractivity contribution is 0.0462. The molecule has 1 aromatic carbocycles. The van der Waals surface area contributed by atoms with Crippen LogP contribution < -0.4 is 5.56 Å². The number of aryl methyl sites for hydroxylation is 1. The number of aromatic nitrogens is 2. The van der Waals surface area contributed by atoms with E-state index >= 15 is 0 Å². The summed E-state index contributed by atoms with van der Waals surface area (Å²) in [6.45, 7) is 2.41. The number of nitrogens with zero attached hydrogens (tertiary/aromatic N) is 3. The number of hydrogen-bond acceptors (Lipinski definition) is 5. The van der Waals surface area contributed by atoms with E-state index in [1.807, 2.05) is 13.0 Å². The molecule has 1 aromatic heterocycles. The molecule has 0 N–H and O–H groups in total. The number of esters is 1. The van der Waals surface area contributed by atoms with Crippen LogP contribution in [0.15, 0.2) is 41.2 Å². The van der Waals surface area contributed by atoms with Crippen molar-refractivity contribution in [2.24, 2.45) is 0 Å². The SMILES string of the molecule is CCCn1nc(C(=O)OCc2cccc(C#N)c2)ccc1=O. The van der Waals surface area contributed by atoms with Gasteiger partial charge in [0.05, 0.1) is 11.6 Å². The second-order valence-electron chi connectivity index (χ2n) is 4.67. The molecule has 2 rings (SSSR count). The van der Waals surface area contributed by atoms with Gasteiger partial charge in [0.15, 0.2) is 5.69 Å². The largest absolute Gasteiger partial charge is 0.456 e. The van der Waals surface area contributed by atoms with E-state index in [0.29, 0.717) is 17.7 Å². The first-order valence-electron chi connectivity index (χ1n) is 6.88. The van der Waals surface area contributed by atoms with E-state index in [0.717, 1.165) is 6.42 Å². The first-order chi connectivity index (χ1) is 10.6. The van der Waals surface area contributed by atoms with Gasteiger partial charge in [0.2, 0.25) is 0 Å². The van der Waals surface area contributed by atoms with Crippen LogP contribution in [0, 0.1) is 11.3 Å². The fourth-order valence-electron chi connectivity index (χ4n) is 1.88. The molecule has 0 aliphatic heterocycles. The predicted molar refractivity (Wildman–Crippen MR) is 79.1 cm³/mol. The Morgan fingerprint density at radius 3 is 2.91 bits per heavy atom. The molecule has 0 aliphatic carbocycles. The van der Waals surface area contributed by atoms with Crippen molar-refractivity contribution in [2.45, 2.75) is 26.5 Å². The van der Waals surface area contributed by atoms with Crippen LogP contribution in [0.5, 0.6) is 0 Å². The van der Waals surface area contributed by atoms with Crippen molar-refractivity contribution in [2.75, 3.05) is 0 Å². The molecule has 0 atom stereocenters. The Morgan fingerprint density at radius 2 is 2.18 bits per heavy atom. The quantitative estimate of drug-likeness (QED) is 0.787. The molecule has 0 saturated carbocycles. The van der Waals surface area contributed by atoms with E-state index in [1.165, 1.54) is 16.8 Å². The maximum Gasteiger partial charge on any atom is 0.359 e. The number of benzene rings is 1. The fourth-order valence-corrected chi connectivity index (χ4v) is 1.88. The maximum atomic E-state index is 12.0. The summed E-state index contributed by atoms with van der Waals surface area (Å²) in [6, 6.07) is 11.5. The minimum atomic E-state index is -0.604. The van der Waals surface area contributed by atoms with Gasteiger partial charge in [-0.1, -0.05) is 19.1 Å². The number of ether oxygens (including phenoxy) is 1. The van der Waals surface area contributed by atoms with E-state index in [2.05, 4.69) is 5.10 Å². The lowest BCUT2D eigenvalue weighted by atomic mass is 10.1. The van der Waals surface area contributed by atoms with Gasteiger partial charge in [-0.2, -0.15) is 10.4 Å². The number of carbonyl (C=O) groups is 1.